The van der Waals surface area contributed by atoms with Gasteiger partial charge in [0.05, 0.1) is 19.4 Å². The van der Waals surface area contributed by atoms with E-state index in [-0.39, 0.29) is 23.7 Å². The maximum atomic E-state index is 13.3. The number of hydrogen-bond acceptors (Lipinski definition) is 6. The summed E-state index contributed by atoms with van der Waals surface area (Å²) in [6.45, 7) is 3.44. The number of alkyl halides is 3. The van der Waals surface area contributed by atoms with Gasteiger partial charge < -0.3 is 9.47 Å². The van der Waals surface area contributed by atoms with Gasteiger partial charge in [0.2, 0.25) is 0 Å². The minimum absolute atomic E-state index is 0. The SMILES string of the molecule is COc1ccc(-n2nnnc2C(F)(F)F)cc1C1=CC2(CCCN(CC3CCCCC3)C2)OC1.Cl. The molecule has 1 unspecified atom stereocenters. The molecule has 1 saturated carbocycles. The third kappa shape index (κ3) is 5.49. The molecule has 35 heavy (non-hydrogen) atoms. The molecule has 11 heteroatoms. The second-order valence-electron chi connectivity index (χ2n) is 9.66. The van der Waals surface area contributed by atoms with Gasteiger partial charge in [-0.2, -0.15) is 17.9 Å². The van der Waals surface area contributed by atoms with Gasteiger partial charge in [-0.15, -0.1) is 17.5 Å². The normalized spacial score (nSPS) is 23.8. The Morgan fingerprint density at radius 2 is 1.97 bits per heavy atom. The molecular formula is C24H31ClF3N5O2. The summed E-state index contributed by atoms with van der Waals surface area (Å²) in [4.78, 5) is 2.53. The van der Waals surface area contributed by atoms with E-state index in [4.69, 9.17) is 9.47 Å². The summed E-state index contributed by atoms with van der Waals surface area (Å²) in [5.41, 5.74) is 1.47. The number of benzene rings is 1. The van der Waals surface area contributed by atoms with Crippen molar-refractivity contribution in [2.24, 2.45) is 5.92 Å². The van der Waals surface area contributed by atoms with Crippen molar-refractivity contribution >= 4 is 18.0 Å². The zero-order chi connectivity index (χ0) is 23.8. The molecule has 3 aliphatic rings. The first-order valence-corrected chi connectivity index (χ1v) is 12.0. The van der Waals surface area contributed by atoms with Crippen LogP contribution in [0.25, 0.3) is 11.3 Å². The zero-order valence-electron chi connectivity index (χ0n) is 19.8. The van der Waals surface area contributed by atoms with Crippen LogP contribution in [0.3, 0.4) is 0 Å². The van der Waals surface area contributed by atoms with Crippen LogP contribution >= 0.6 is 12.4 Å². The van der Waals surface area contributed by atoms with Crippen molar-refractivity contribution in [3.05, 3.63) is 35.7 Å². The number of nitrogens with zero attached hydrogens (tertiary/aromatic N) is 5. The summed E-state index contributed by atoms with van der Waals surface area (Å²) in [6.07, 6.45) is 6.14. The van der Waals surface area contributed by atoms with Crippen molar-refractivity contribution in [3.8, 4) is 11.4 Å². The predicted molar refractivity (Wildman–Crippen MR) is 127 cm³/mol. The minimum atomic E-state index is -4.66. The van der Waals surface area contributed by atoms with Crippen LogP contribution in [0, 0.1) is 5.92 Å². The standard InChI is InChI=1S/C24H30F3N5O2.ClH/c1-33-21-9-8-19(32-22(24(25,26)27)28-29-30-32)12-20(21)18-13-23(34-15-18)10-5-11-31(16-23)14-17-6-3-2-4-7-17;/h8-9,12-13,17H,2-7,10-11,14-16H2,1H3;1H. The summed E-state index contributed by atoms with van der Waals surface area (Å²) in [6, 6.07) is 4.81. The summed E-state index contributed by atoms with van der Waals surface area (Å²) in [5.74, 6) is 0.180. The lowest BCUT2D eigenvalue weighted by Crippen LogP contribution is -2.48. The van der Waals surface area contributed by atoms with Crippen molar-refractivity contribution < 1.29 is 22.6 Å². The van der Waals surface area contributed by atoms with Gasteiger partial charge in [0.15, 0.2) is 0 Å². The third-order valence-corrected chi connectivity index (χ3v) is 7.26. The smallest absolute Gasteiger partial charge is 0.453 e. The lowest BCUT2D eigenvalue weighted by atomic mass is 9.86. The fourth-order valence-electron chi connectivity index (χ4n) is 5.66. The first-order chi connectivity index (χ1) is 16.4. The van der Waals surface area contributed by atoms with E-state index in [1.807, 2.05) is 0 Å². The van der Waals surface area contributed by atoms with Gasteiger partial charge in [-0.05, 0) is 78.4 Å². The fraction of sp³-hybridized carbons (Fsp3) is 0.625. The average molecular weight is 514 g/mol. The van der Waals surface area contributed by atoms with Crippen LogP contribution in [-0.4, -0.2) is 64.1 Å². The lowest BCUT2D eigenvalue weighted by Gasteiger charge is -2.40. The Hall–Kier alpha value is -2.17. The van der Waals surface area contributed by atoms with Crippen molar-refractivity contribution in [2.75, 3.05) is 33.4 Å². The Morgan fingerprint density at radius 1 is 1.17 bits per heavy atom. The number of likely N-dealkylation sites (tertiary alicyclic amines) is 1. The number of halogens is 4. The molecule has 1 spiro atoms. The van der Waals surface area contributed by atoms with Crippen LogP contribution in [0.15, 0.2) is 24.3 Å². The van der Waals surface area contributed by atoms with Gasteiger partial charge in [-0.1, -0.05) is 19.3 Å². The fourth-order valence-corrected chi connectivity index (χ4v) is 5.66. The van der Waals surface area contributed by atoms with Crippen LogP contribution in [0.5, 0.6) is 5.75 Å². The summed E-state index contributed by atoms with van der Waals surface area (Å²) >= 11 is 0. The molecule has 5 rings (SSSR count). The quantitative estimate of drug-likeness (QED) is 0.564. The summed E-state index contributed by atoms with van der Waals surface area (Å²) in [7, 11) is 1.55. The number of methoxy groups -OCH3 is 1. The van der Waals surface area contributed by atoms with E-state index in [1.165, 1.54) is 38.2 Å². The Kier molecular flexibility index (Phi) is 7.73. The molecule has 1 aliphatic carbocycles. The monoisotopic (exact) mass is 513 g/mol. The molecule has 0 N–H and O–H groups in total. The highest BCUT2D eigenvalue weighted by atomic mass is 35.5. The molecule has 1 atom stereocenters. The number of piperidine rings is 1. The third-order valence-electron chi connectivity index (χ3n) is 7.26. The second kappa shape index (κ2) is 10.4. The van der Waals surface area contributed by atoms with Crippen LogP contribution in [0.4, 0.5) is 13.2 Å². The van der Waals surface area contributed by atoms with Crippen molar-refractivity contribution in [1.82, 2.24) is 25.1 Å². The van der Waals surface area contributed by atoms with E-state index in [0.717, 1.165) is 44.0 Å². The highest BCUT2D eigenvalue weighted by Gasteiger charge is 2.41. The molecule has 192 valence electrons. The summed E-state index contributed by atoms with van der Waals surface area (Å²) in [5, 5.41) is 9.95. The van der Waals surface area contributed by atoms with Crippen molar-refractivity contribution in [2.45, 2.75) is 56.7 Å². The molecule has 0 amide bonds. The first kappa shape index (κ1) is 25.9. The van der Waals surface area contributed by atoms with Crippen molar-refractivity contribution in [1.29, 1.82) is 0 Å². The summed E-state index contributed by atoms with van der Waals surface area (Å²) < 4.78 is 52.6. The molecule has 2 fully saturated rings. The largest absolute Gasteiger partial charge is 0.496 e. The van der Waals surface area contributed by atoms with Gasteiger partial charge in [0, 0.05) is 18.7 Å². The Morgan fingerprint density at radius 3 is 2.71 bits per heavy atom. The van der Waals surface area contributed by atoms with E-state index >= 15 is 0 Å². The van der Waals surface area contributed by atoms with Gasteiger partial charge >= 0.3 is 6.18 Å². The Labute approximate surface area is 209 Å². The Balaban J connectivity index is 0.00000289. The van der Waals surface area contributed by atoms with Crippen LogP contribution in [-0.2, 0) is 10.9 Å². The number of rotatable bonds is 5. The molecule has 0 radical (unpaired) electrons. The predicted octanol–water partition coefficient (Wildman–Crippen LogP) is 4.94. The molecular weight excluding hydrogens is 483 g/mol. The number of ether oxygens (including phenoxy) is 2. The van der Waals surface area contributed by atoms with Crippen molar-refractivity contribution in [3.63, 3.8) is 0 Å². The van der Waals surface area contributed by atoms with E-state index in [2.05, 4.69) is 26.5 Å². The lowest BCUT2D eigenvalue weighted by molar-refractivity contribution is -0.146. The van der Waals surface area contributed by atoms with Gasteiger partial charge in [-0.25, -0.2) is 0 Å². The first-order valence-electron chi connectivity index (χ1n) is 12.0. The topological polar surface area (TPSA) is 65.3 Å². The molecule has 2 aromatic rings. The molecule has 2 aliphatic heterocycles. The van der Waals surface area contributed by atoms with E-state index in [0.29, 0.717) is 22.6 Å². The van der Waals surface area contributed by atoms with Crippen LogP contribution in [0.2, 0.25) is 0 Å². The number of hydrogen-bond donors (Lipinski definition) is 0. The Bertz CT molecular complexity index is 1050. The van der Waals surface area contributed by atoms with Gasteiger partial charge in [0.25, 0.3) is 5.82 Å². The van der Waals surface area contributed by atoms with E-state index < -0.39 is 12.0 Å². The highest BCUT2D eigenvalue weighted by Crippen LogP contribution is 2.40. The van der Waals surface area contributed by atoms with Gasteiger partial charge in [-0.3, -0.25) is 4.90 Å². The molecule has 1 aromatic carbocycles. The minimum Gasteiger partial charge on any atom is -0.496 e. The number of tetrazole rings is 1. The molecule has 0 bridgehead atoms. The molecule has 7 nitrogen and oxygen atoms in total. The van der Waals surface area contributed by atoms with E-state index in [1.54, 1.807) is 19.2 Å². The zero-order valence-corrected chi connectivity index (χ0v) is 20.6. The maximum Gasteiger partial charge on any atom is 0.453 e. The van der Waals surface area contributed by atoms with Crippen LogP contribution < -0.4 is 4.74 Å². The van der Waals surface area contributed by atoms with E-state index in [9.17, 15) is 13.2 Å². The molecule has 3 heterocycles. The average Bonchev–Trinajstić information content (AvgIpc) is 3.47. The number of aromatic nitrogens is 4. The maximum absolute atomic E-state index is 13.3. The van der Waals surface area contributed by atoms with Gasteiger partial charge in [0.1, 0.15) is 11.4 Å². The molecule has 1 aromatic heterocycles. The second-order valence-corrected chi connectivity index (χ2v) is 9.66. The molecule has 1 saturated heterocycles. The van der Waals surface area contributed by atoms with Crippen LogP contribution in [0.1, 0.15) is 56.3 Å². The highest BCUT2D eigenvalue weighted by molar-refractivity contribution is 5.85.